The Hall–Kier alpha value is -0.400. The average molecular weight is 340 g/mol. The Labute approximate surface area is 130 Å². The third-order valence-electron chi connectivity index (χ3n) is 2.68. The Kier molecular flexibility index (Phi) is 6.68. The Morgan fingerprint density at radius 3 is 2.35 bits per heavy atom. The van der Waals surface area contributed by atoms with Crippen LogP contribution in [0.15, 0.2) is 17.2 Å². The van der Waals surface area contributed by atoms with E-state index in [1.165, 1.54) is 16.6 Å². The van der Waals surface area contributed by atoms with Gasteiger partial charge < -0.3 is 4.90 Å². The van der Waals surface area contributed by atoms with Crippen molar-refractivity contribution in [1.29, 1.82) is 0 Å². The summed E-state index contributed by atoms with van der Waals surface area (Å²) in [5.74, 6) is 0. The molecule has 0 aliphatic carbocycles. The molecule has 1 aromatic heterocycles. The topological polar surface area (TPSA) is 53.5 Å². The van der Waals surface area contributed by atoms with Crippen molar-refractivity contribution in [1.82, 2.24) is 14.2 Å². The van der Waals surface area contributed by atoms with Gasteiger partial charge in [-0.25, -0.2) is 13.4 Å². The fourth-order valence-electron chi connectivity index (χ4n) is 1.61. The van der Waals surface area contributed by atoms with E-state index in [-0.39, 0.29) is 15.1 Å². The summed E-state index contributed by atoms with van der Waals surface area (Å²) in [5.41, 5.74) is 0. The van der Waals surface area contributed by atoms with Crippen LogP contribution in [0, 0.1) is 0 Å². The van der Waals surface area contributed by atoms with E-state index in [0.717, 1.165) is 6.42 Å². The Balaban J connectivity index is 3.05. The summed E-state index contributed by atoms with van der Waals surface area (Å²) >= 11 is 11.6. The summed E-state index contributed by atoms with van der Waals surface area (Å²) in [6.07, 6.45) is 1.98. The predicted molar refractivity (Wildman–Crippen MR) is 81.9 cm³/mol. The minimum atomic E-state index is -3.60. The summed E-state index contributed by atoms with van der Waals surface area (Å²) in [6.45, 7) is 3.46. The van der Waals surface area contributed by atoms with Gasteiger partial charge in [-0.15, -0.1) is 0 Å². The quantitative estimate of drug-likeness (QED) is 0.715. The molecule has 0 saturated heterocycles. The standard InChI is InChI=1S/C12H19Cl2N3O2S/c1-4-5-17(7-6-16(2)3)20(18,19)10-8-11(13)12(14)15-9-10/h8-9H,4-7H2,1-3H3. The highest BCUT2D eigenvalue weighted by Crippen LogP contribution is 2.24. The number of pyridine rings is 1. The van der Waals surface area contributed by atoms with Gasteiger partial charge in [-0.1, -0.05) is 30.1 Å². The van der Waals surface area contributed by atoms with Crippen LogP contribution in [-0.2, 0) is 10.0 Å². The van der Waals surface area contributed by atoms with Crippen LogP contribution in [0.3, 0.4) is 0 Å². The third-order valence-corrected chi connectivity index (χ3v) is 5.23. The first kappa shape index (κ1) is 17.7. The first-order valence-electron chi connectivity index (χ1n) is 6.25. The zero-order valence-corrected chi connectivity index (χ0v) is 14.1. The van der Waals surface area contributed by atoms with Crippen LogP contribution in [0.1, 0.15) is 13.3 Å². The molecule has 0 aliphatic heterocycles. The van der Waals surface area contributed by atoms with E-state index in [1.54, 1.807) is 0 Å². The maximum Gasteiger partial charge on any atom is 0.244 e. The van der Waals surface area contributed by atoms with Crippen molar-refractivity contribution in [2.24, 2.45) is 0 Å². The molecule has 0 spiro atoms. The molecule has 0 unspecified atom stereocenters. The molecule has 0 aliphatic rings. The lowest BCUT2D eigenvalue weighted by atomic mass is 10.4. The van der Waals surface area contributed by atoms with E-state index < -0.39 is 10.0 Å². The number of halogens is 2. The minimum absolute atomic E-state index is 0.0686. The number of hydrogen-bond acceptors (Lipinski definition) is 4. The lowest BCUT2D eigenvalue weighted by molar-refractivity contribution is 0.333. The second-order valence-corrected chi connectivity index (χ2v) is 7.35. The predicted octanol–water partition coefficient (Wildman–Crippen LogP) is 2.35. The zero-order chi connectivity index (χ0) is 15.3. The first-order valence-corrected chi connectivity index (χ1v) is 8.44. The molecule has 0 bridgehead atoms. The highest BCUT2D eigenvalue weighted by molar-refractivity contribution is 7.89. The molecule has 0 atom stereocenters. The van der Waals surface area contributed by atoms with E-state index in [2.05, 4.69) is 4.98 Å². The largest absolute Gasteiger partial charge is 0.308 e. The molecular formula is C12H19Cl2N3O2S. The number of aromatic nitrogens is 1. The van der Waals surface area contributed by atoms with Crippen molar-refractivity contribution in [2.45, 2.75) is 18.2 Å². The van der Waals surface area contributed by atoms with Gasteiger partial charge in [0.05, 0.1) is 5.02 Å². The van der Waals surface area contributed by atoms with Crippen molar-refractivity contribution >= 4 is 33.2 Å². The Morgan fingerprint density at radius 2 is 1.85 bits per heavy atom. The molecule has 0 radical (unpaired) electrons. The normalized spacial score (nSPS) is 12.3. The summed E-state index contributed by atoms with van der Waals surface area (Å²) in [5, 5.41) is 0.234. The summed E-state index contributed by atoms with van der Waals surface area (Å²) in [4.78, 5) is 5.80. The Bertz CT molecular complexity index is 550. The summed E-state index contributed by atoms with van der Waals surface area (Å²) < 4.78 is 26.6. The second kappa shape index (κ2) is 7.56. The molecular weight excluding hydrogens is 321 g/mol. The van der Waals surface area contributed by atoms with Crippen LogP contribution in [0.5, 0.6) is 0 Å². The molecule has 20 heavy (non-hydrogen) atoms. The highest BCUT2D eigenvalue weighted by Gasteiger charge is 2.24. The molecule has 8 heteroatoms. The van der Waals surface area contributed by atoms with E-state index in [4.69, 9.17) is 23.2 Å². The molecule has 1 heterocycles. The van der Waals surface area contributed by atoms with Gasteiger partial charge in [0.15, 0.2) is 0 Å². The van der Waals surface area contributed by atoms with Gasteiger partial charge >= 0.3 is 0 Å². The molecule has 0 N–H and O–H groups in total. The highest BCUT2D eigenvalue weighted by atomic mass is 35.5. The number of hydrogen-bond donors (Lipinski definition) is 0. The lowest BCUT2D eigenvalue weighted by Crippen LogP contribution is -2.37. The van der Waals surface area contributed by atoms with Crippen molar-refractivity contribution in [3.05, 3.63) is 22.4 Å². The zero-order valence-electron chi connectivity index (χ0n) is 11.8. The van der Waals surface area contributed by atoms with Crippen LogP contribution < -0.4 is 0 Å². The molecule has 0 amide bonds. The van der Waals surface area contributed by atoms with Crippen molar-refractivity contribution in [2.75, 3.05) is 33.7 Å². The fraction of sp³-hybridized carbons (Fsp3) is 0.583. The van der Waals surface area contributed by atoms with E-state index in [0.29, 0.717) is 19.6 Å². The van der Waals surface area contributed by atoms with E-state index in [9.17, 15) is 8.42 Å². The van der Waals surface area contributed by atoms with Gasteiger partial charge in [-0.3, -0.25) is 0 Å². The van der Waals surface area contributed by atoms with Gasteiger partial charge in [-0.2, -0.15) is 4.31 Å². The Morgan fingerprint density at radius 1 is 1.20 bits per heavy atom. The third kappa shape index (κ3) is 4.56. The van der Waals surface area contributed by atoms with Crippen molar-refractivity contribution in [3.63, 3.8) is 0 Å². The molecule has 5 nitrogen and oxygen atoms in total. The van der Waals surface area contributed by atoms with Crippen molar-refractivity contribution in [3.8, 4) is 0 Å². The fourth-order valence-corrected chi connectivity index (χ4v) is 3.44. The van der Waals surface area contributed by atoms with Crippen LogP contribution in [0.4, 0.5) is 0 Å². The summed E-state index contributed by atoms with van der Waals surface area (Å²) in [7, 11) is 0.203. The van der Waals surface area contributed by atoms with Crippen molar-refractivity contribution < 1.29 is 8.42 Å². The van der Waals surface area contributed by atoms with E-state index >= 15 is 0 Å². The first-order chi connectivity index (χ1) is 9.28. The molecule has 114 valence electrons. The molecule has 0 saturated carbocycles. The van der Waals surface area contributed by atoms with Crippen LogP contribution in [0.25, 0.3) is 0 Å². The maximum absolute atomic E-state index is 12.6. The number of nitrogens with zero attached hydrogens (tertiary/aromatic N) is 3. The summed E-state index contributed by atoms with van der Waals surface area (Å²) in [6, 6.07) is 1.34. The van der Waals surface area contributed by atoms with Gasteiger partial charge in [0.1, 0.15) is 10.0 Å². The smallest absolute Gasteiger partial charge is 0.244 e. The van der Waals surface area contributed by atoms with Gasteiger partial charge in [0, 0.05) is 25.8 Å². The second-order valence-electron chi connectivity index (χ2n) is 4.65. The molecule has 1 aromatic rings. The van der Waals surface area contributed by atoms with Crippen LogP contribution in [-0.4, -0.2) is 56.3 Å². The number of sulfonamides is 1. The molecule has 0 fully saturated rings. The van der Waals surface area contributed by atoms with Gasteiger partial charge in [-0.05, 0) is 26.6 Å². The van der Waals surface area contributed by atoms with E-state index in [1.807, 2.05) is 25.9 Å². The van der Waals surface area contributed by atoms with Gasteiger partial charge in [0.25, 0.3) is 0 Å². The monoisotopic (exact) mass is 339 g/mol. The average Bonchev–Trinajstić information content (AvgIpc) is 2.37. The number of likely N-dealkylation sites (N-methyl/N-ethyl adjacent to an activating group) is 1. The molecule has 1 rings (SSSR count). The number of rotatable bonds is 7. The van der Waals surface area contributed by atoms with Gasteiger partial charge in [0.2, 0.25) is 10.0 Å². The SMILES string of the molecule is CCCN(CCN(C)C)S(=O)(=O)c1cnc(Cl)c(Cl)c1. The lowest BCUT2D eigenvalue weighted by Gasteiger charge is -2.23. The van der Waals surface area contributed by atoms with Crippen LogP contribution in [0.2, 0.25) is 10.2 Å². The maximum atomic E-state index is 12.6. The molecule has 0 aromatic carbocycles. The minimum Gasteiger partial charge on any atom is -0.308 e. The van der Waals surface area contributed by atoms with Crippen LogP contribution >= 0.6 is 23.2 Å².